The molecule has 2 aromatic rings. The molecule has 0 aliphatic heterocycles. The zero-order valence-electron chi connectivity index (χ0n) is 7.28. The molecule has 13 heavy (non-hydrogen) atoms. The summed E-state index contributed by atoms with van der Waals surface area (Å²) < 4.78 is 5.23. The Morgan fingerprint density at radius 2 is 2.54 bits per heavy atom. The van der Waals surface area contributed by atoms with Crippen LogP contribution in [0.25, 0.3) is 11.5 Å². The van der Waals surface area contributed by atoms with Gasteiger partial charge in [-0.3, -0.25) is 0 Å². The van der Waals surface area contributed by atoms with Crippen LogP contribution in [0.1, 0.15) is 5.01 Å². The lowest BCUT2D eigenvalue weighted by Gasteiger charge is -1.90. The van der Waals surface area contributed by atoms with Gasteiger partial charge >= 0.3 is 0 Å². The number of furan rings is 1. The molecule has 0 amide bonds. The number of hydrogen-bond donors (Lipinski definition) is 1. The molecule has 0 saturated carbocycles. The van der Waals surface area contributed by atoms with Gasteiger partial charge < -0.3 is 9.73 Å². The van der Waals surface area contributed by atoms with E-state index >= 15 is 0 Å². The van der Waals surface area contributed by atoms with Crippen LogP contribution in [-0.4, -0.2) is 12.0 Å². The lowest BCUT2D eigenvalue weighted by atomic mass is 10.4. The van der Waals surface area contributed by atoms with Crippen molar-refractivity contribution in [1.29, 1.82) is 0 Å². The van der Waals surface area contributed by atoms with Crippen LogP contribution in [-0.2, 0) is 6.54 Å². The molecule has 3 nitrogen and oxygen atoms in total. The van der Waals surface area contributed by atoms with Gasteiger partial charge in [0, 0.05) is 11.9 Å². The van der Waals surface area contributed by atoms with Crippen molar-refractivity contribution in [3.63, 3.8) is 0 Å². The van der Waals surface area contributed by atoms with Gasteiger partial charge in [-0.25, -0.2) is 4.98 Å². The van der Waals surface area contributed by atoms with Crippen molar-refractivity contribution in [2.45, 2.75) is 6.54 Å². The highest BCUT2D eigenvalue weighted by Gasteiger charge is 2.05. The first kappa shape index (κ1) is 8.47. The molecular weight excluding hydrogens is 184 g/mol. The van der Waals surface area contributed by atoms with E-state index in [1.807, 2.05) is 24.6 Å². The molecule has 68 valence electrons. The van der Waals surface area contributed by atoms with Crippen LogP contribution in [0, 0.1) is 0 Å². The highest BCUT2D eigenvalue weighted by atomic mass is 32.1. The van der Waals surface area contributed by atoms with Crippen molar-refractivity contribution in [2.75, 3.05) is 7.05 Å². The van der Waals surface area contributed by atoms with Gasteiger partial charge in [0.1, 0.15) is 10.7 Å². The van der Waals surface area contributed by atoms with Gasteiger partial charge in [-0.05, 0) is 19.2 Å². The van der Waals surface area contributed by atoms with Crippen LogP contribution in [0.2, 0.25) is 0 Å². The molecule has 0 aliphatic carbocycles. The van der Waals surface area contributed by atoms with E-state index in [0.29, 0.717) is 0 Å². The molecule has 2 aromatic heterocycles. The molecule has 2 rings (SSSR count). The van der Waals surface area contributed by atoms with E-state index in [-0.39, 0.29) is 0 Å². The summed E-state index contributed by atoms with van der Waals surface area (Å²) in [4.78, 5) is 4.40. The third-order valence-electron chi connectivity index (χ3n) is 1.65. The molecule has 0 saturated heterocycles. The number of hydrogen-bond acceptors (Lipinski definition) is 4. The molecule has 0 unspecified atom stereocenters. The summed E-state index contributed by atoms with van der Waals surface area (Å²) in [5, 5.41) is 6.14. The minimum atomic E-state index is 0.811. The minimum absolute atomic E-state index is 0.811. The lowest BCUT2D eigenvalue weighted by molar-refractivity contribution is 0.580. The van der Waals surface area contributed by atoms with Crippen LogP contribution in [0.5, 0.6) is 0 Å². The third-order valence-corrected chi connectivity index (χ3v) is 2.50. The number of nitrogens with zero attached hydrogens (tertiary/aromatic N) is 1. The largest absolute Gasteiger partial charge is 0.463 e. The molecule has 0 spiro atoms. The van der Waals surface area contributed by atoms with Gasteiger partial charge in [0.2, 0.25) is 0 Å². The van der Waals surface area contributed by atoms with E-state index in [9.17, 15) is 0 Å². The fourth-order valence-corrected chi connectivity index (χ4v) is 1.88. The summed E-state index contributed by atoms with van der Waals surface area (Å²) in [5.74, 6) is 0.832. The van der Waals surface area contributed by atoms with E-state index in [4.69, 9.17) is 4.42 Å². The summed E-state index contributed by atoms with van der Waals surface area (Å²) in [6.45, 7) is 0.811. The Morgan fingerprint density at radius 1 is 1.62 bits per heavy atom. The Bertz CT molecular complexity index is 367. The van der Waals surface area contributed by atoms with Crippen molar-refractivity contribution in [3.8, 4) is 11.5 Å². The van der Waals surface area contributed by atoms with Crippen LogP contribution < -0.4 is 5.32 Å². The second kappa shape index (κ2) is 3.72. The quantitative estimate of drug-likeness (QED) is 0.813. The van der Waals surface area contributed by atoms with E-state index in [1.54, 1.807) is 17.6 Å². The molecule has 0 fully saturated rings. The molecule has 0 atom stereocenters. The minimum Gasteiger partial charge on any atom is -0.463 e. The standard InChI is InChI=1S/C9H10N2OS/c1-10-5-9-11-7(6-13-9)8-3-2-4-12-8/h2-4,6,10H,5H2,1H3. The van der Waals surface area contributed by atoms with Crippen LogP contribution in [0.4, 0.5) is 0 Å². The molecule has 0 aromatic carbocycles. The summed E-state index contributed by atoms with van der Waals surface area (Å²) >= 11 is 1.64. The SMILES string of the molecule is CNCc1nc(-c2ccco2)cs1. The fourth-order valence-electron chi connectivity index (χ4n) is 1.08. The van der Waals surface area contributed by atoms with Crippen molar-refractivity contribution >= 4 is 11.3 Å². The first-order chi connectivity index (χ1) is 6.40. The van der Waals surface area contributed by atoms with Crippen molar-refractivity contribution < 1.29 is 4.42 Å². The molecule has 4 heteroatoms. The molecule has 0 bridgehead atoms. The van der Waals surface area contributed by atoms with Gasteiger partial charge in [0.25, 0.3) is 0 Å². The Labute approximate surface area is 80.4 Å². The topological polar surface area (TPSA) is 38.1 Å². The van der Waals surface area contributed by atoms with Gasteiger partial charge in [-0.1, -0.05) is 0 Å². The monoisotopic (exact) mass is 194 g/mol. The second-order valence-electron chi connectivity index (χ2n) is 2.63. The first-order valence-electron chi connectivity index (χ1n) is 4.03. The average Bonchev–Trinajstić information content (AvgIpc) is 2.70. The smallest absolute Gasteiger partial charge is 0.153 e. The second-order valence-corrected chi connectivity index (χ2v) is 3.58. The third kappa shape index (κ3) is 1.79. The molecule has 1 N–H and O–H groups in total. The van der Waals surface area contributed by atoms with Crippen LogP contribution >= 0.6 is 11.3 Å². The lowest BCUT2D eigenvalue weighted by Crippen LogP contribution is -2.04. The predicted molar refractivity (Wildman–Crippen MR) is 52.6 cm³/mol. The average molecular weight is 194 g/mol. The van der Waals surface area contributed by atoms with Crippen molar-refractivity contribution in [2.24, 2.45) is 0 Å². The Kier molecular flexibility index (Phi) is 2.42. The van der Waals surface area contributed by atoms with Gasteiger partial charge in [-0.15, -0.1) is 11.3 Å². The summed E-state index contributed by atoms with van der Waals surface area (Å²) in [6, 6.07) is 3.78. The summed E-state index contributed by atoms with van der Waals surface area (Å²) in [6.07, 6.45) is 1.66. The van der Waals surface area contributed by atoms with E-state index in [0.717, 1.165) is 23.0 Å². The maximum absolute atomic E-state index is 5.23. The van der Waals surface area contributed by atoms with E-state index < -0.39 is 0 Å². The highest BCUT2D eigenvalue weighted by molar-refractivity contribution is 7.09. The van der Waals surface area contributed by atoms with Gasteiger partial charge in [-0.2, -0.15) is 0 Å². The van der Waals surface area contributed by atoms with Crippen LogP contribution in [0.3, 0.4) is 0 Å². The Balaban J connectivity index is 2.23. The van der Waals surface area contributed by atoms with E-state index in [2.05, 4.69) is 10.3 Å². The fraction of sp³-hybridized carbons (Fsp3) is 0.222. The Morgan fingerprint density at radius 3 is 3.23 bits per heavy atom. The zero-order valence-corrected chi connectivity index (χ0v) is 8.10. The normalized spacial score (nSPS) is 10.5. The highest BCUT2D eigenvalue weighted by Crippen LogP contribution is 2.21. The summed E-state index contributed by atoms with van der Waals surface area (Å²) in [5.41, 5.74) is 0.917. The molecule has 0 aliphatic rings. The molecule has 2 heterocycles. The summed E-state index contributed by atoms with van der Waals surface area (Å²) in [7, 11) is 1.91. The number of thiazole rings is 1. The molecule has 0 radical (unpaired) electrons. The number of aromatic nitrogens is 1. The van der Waals surface area contributed by atoms with Crippen molar-refractivity contribution in [3.05, 3.63) is 28.8 Å². The number of rotatable bonds is 3. The van der Waals surface area contributed by atoms with E-state index in [1.165, 1.54) is 0 Å². The Hall–Kier alpha value is -1.13. The van der Waals surface area contributed by atoms with Crippen LogP contribution in [0.15, 0.2) is 28.2 Å². The zero-order chi connectivity index (χ0) is 9.10. The van der Waals surface area contributed by atoms with Gasteiger partial charge in [0.15, 0.2) is 5.76 Å². The van der Waals surface area contributed by atoms with Gasteiger partial charge in [0.05, 0.1) is 6.26 Å². The number of nitrogens with one attached hydrogen (secondary N) is 1. The predicted octanol–water partition coefficient (Wildman–Crippen LogP) is 2.12. The maximum atomic E-state index is 5.23. The first-order valence-corrected chi connectivity index (χ1v) is 4.91. The van der Waals surface area contributed by atoms with Crippen molar-refractivity contribution in [1.82, 2.24) is 10.3 Å². The maximum Gasteiger partial charge on any atom is 0.153 e. The molecular formula is C9H10N2OS.